The molecule has 2 atom stereocenters. The Morgan fingerprint density at radius 1 is 1.00 bits per heavy atom. The summed E-state index contributed by atoms with van der Waals surface area (Å²) in [6, 6.07) is 18.9. The number of hydrogen-bond donors (Lipinski definition) is 0. The number of rotatable bonds is 9. The molecule has 150 valence electrons. The van der Waals surface area contributed by atoms with Gasteiger partial charge in [-0.05, 0) is 36.3 Å². The fourth-order valence-corrected chi connectivity index (χ4v) is 2.98. The molecule has 0 aromatic heterocycles. The van der Waals surface area contributed by atoms with Crippen molar-refractivity contribution in [2.45, 2.75) is 25.4 Å². The van der Waals surface area contributed by atoms with Gasteiger partial charge in [-0.25, -0.2) is 9.59 Å². The Bertz CT molecular complexity index is 871. The largest absolute Gasteiger partial charge is 0.459 e. The number of esters is 2. The summed E-state index contributed by atoms with van der Waals surface area (Å²) in [5.41, 5.74) is 1.66. The van der Waals surface area contributed by atoms with Crippen molar-refractivity contribution in [3.63, 3.8) is 0 Å². The van der Waals surface area contributed by atoms with E-state index in [-0.39, 0.29) is 12.5 Å². The number of ether oxygens (including phenoxy) is 3. The summed E-state index contributed by atoms with van der Waals surface area (Å²) in [6.07, 6.45) is 4.96. The zero-order chi connectivity index (χ0) is 20.5. The predicted octanol–water partition coefficient (Wildman–Crippen LogP) is 4.42. The lowest BCUT2D eigenvalue weighted by Crippen LogP contribution is -2.23. The fourth-order valence-electron chi connectivity index (χ4n) is 2.98. The highest BCUT2D eigenvalue weighted by Crippen LogP contribution is 2.21. The van der Waals surface area contributed by atoms with Crippen LogP contribution in [0.1, 0.15) is 35.2 Å². The van der Waals surface area contributed by atoms with Gasteiger partial charge >= 0.3 is 11.9 Å². The highest BCUT2D eigenvalue weighted by molar-refractivity contribution is 5.89. The van der Waals surface area contributed by atoms with Gasteiger partial charge in [0.1, 0.15) is 18.5 Å². The Labute approximate surface area is 170 Å². The molecule has 1 heterocycles. The summed E-state index contributed by atoms with van der Waals surface area (Å²) in [7, 11) is 0. The third-order valence-electron chi connectivity index (χ3n) is 4.62. The maximum atomic E-state index is 12.3. The van der Waals surface area contributed by atoms with Crippen molar-refractivity contribution in [1.82, 2.24) is 0 Å². The average Bonchev–Trinajstić information content (AvgIpc) is 3.18. The van der Waals surface area contributed by atoms with Crippen LogP contribution in [0.15, 0.2) is 84.7 Å². The van der Waals surface area contributed by atoms with Crippen molar-refractivity contribution in [1.29, 1.82) is 0 Å². The number of cyclic esters (lactones) is 1. The van der Waals surface area contributed by atoms with Gasteiger partial charge in [-0.15, -0.1) is 0 Å². The van der Waals surface area contributed by atoms with Crippen LogP contribution in [-0.2, 0) is 19.0 Å². The van der Waals surface area contributed by atoms with E-state index in [1.807, 2.05) is 24.3 Å². The summed E-state index contributed by atoms with van der Waals surface area (Å²) in [6.45, 7) is 2.58. The molecule has 0 saturated heterocycles. The first-order valence-electron chi connectivity index (χ1n) is 9.66. The molecule has 0 N–H and O–H groups in total. The smallest absolute Gasteiger partial charge is 0.338 e. The normalized spacial score (nSPS) is 16.4. The van der Waals surface area contributed by atoms with Gasteiger partial charge in [0.25, 0.3) is 0 Å². The van der Waals surface area contributed by atoms with Gasteiger partial charge in [-0.2, -0.15) is 0 Å². The average molecular weight is 392 g/mol. The molecule has 0 radical (unpaired) electrons. The molecule has 5 nitrogen and oxygen atoms in total. The first-order valence-corrected chi connectivity index (χ1v) is 9.66. The van der Waals surface area contributed by atoms with Crippen molar-refractivity contribution in [3.8, 4) is 0 Å². The Kier molecular flexibility index (Phi) is 7.36. The summed E-state index contributed by atoms with van der Waals surface area (Å²) in [5, 5.41) is 0. The second-order valence-electron chi connectivity index (χ2n) is 6.68. The van der Waals surface area contributed by atoms with E-state index in [1.54, 1.807) is 36.4 Å². The molecule has 2 aromatic carbocycles. The van der Waals surface area contributed by atoms with E-state index in [0.29, 0.717) is 17.9 Å². The summed E-state index contributed by atoms with van der Waals surface area (Å²) in [5.74, 6) is -0.245. The lowest BCUT2D eigenvalue weighted by atomic mass is 9.97. The van der Waals surface area contributed by atoms with Crippen LogP contribution in [0.3, 0.4) is 0 Å². The van der Waals surface area contributed by atoms with Gasteiger partial charge in [0, 0.05) is 12.0 Å². The van der Waals surface area contributed by atoms with E-state index in [4.69, 9.17) is 14.2 Å². The Balaban J connectivity index is 1.65. The van der Waals surface area contributed by atoms with Crippen LogP contribution in [0.5, 0.6) is 0 Å². The summed E-state index contributed by atoms with van der Waals surface area (Å²) < 4.78 is 16.6. The molecular formula is C24H24O5. The van der Waals surface area contributed by atoms with Crippen LogP contribution in [0.2, 0.25) is 0 Å². The van der Waals surface area contributed by atoms with Crippen molar-refractivity contribution >= 4 is 11.9 Å². The van der Waals surface area contributed by atoms with Crippen molar-refractivity contribution < 1.29 is 23.8 Å². The fraction of sp³-hybridized carbons (Fsp3) is 0.250. The Morgan fingerprint density at radius 2 is 1.69 bits per heavy atom. The molecule has 3 rings (SSSR count). The number of benzene rings is 2. The van der Waals surface area contributed by atoms with Gasteiger partial charge in [-0.1, -0.05) is 55.5 Å². The lowest BCUT2D eigenvalue weighted by Gasteiger charge is -2.20. The quantitative estimate of drug-likeness (QED) is 0.591. The number of carbonyl (C=O) groups excluding carboxylic acids is 2. The van der Waals surface area contributed by atoms with Gasteiger partial charge in [0.2, 0.25) is 0 Å². The van der Waals surface area contributed by atoms with Crippen LogP contribution in [0, 0.1) is 0 Å². The van der Waals surface area contributed by atoms with E-state index in [1.165, 1.54) is 11.6 Å². The second kappa shape index (κ2) is 10.4. The molecule has 1 aliphatic rings. The minimum Gasteiger partial charge on any atom is -0.459 e. The monoisotopic (exact) mass is 392 g/mol. The van der Waals surface area contributed by atoms with Crippen LogP contribution < -0.4 is 0 Å². The predicted molar refractivity (Wildman–Crippen MR) is 109 cm³/mol. The molecule has 0 saturated carbocycles. The zero-order valence-corrected chi connectivity index (χ0v) is 16.3. The Morgan fingerprint density at radius 3 is 2.31 bits per heavy atom. The van der Waals surface area contributed by atoms with Crippen molar-refractivity contribution in [2.24, 2.45) is 0 Å². The maximum absolute atomic E-state index is 12.3. The van der Waals surface area contributed by atoms with E-state index in [2.05, 4.69) is 19.1 Å². The molecule has 0 bridgehead atoms. The topological polar surface area (TPSA) is 61.8 Å². The summed E-state index contributed by atoms with van der Waals surface area (Å²) >= 11 is 0. The molecule has 2 unspecified atom stereocenters. The number of hydrogen-bond acceptors (Lipinski definition) is 5. The minimum atomic E-state index is -0.536. The number of allylic oxidation sites excluding steroid dienone is 1. The lowest BCUT2D eigenvalue weighted by molar-refractivity contribution is -0.132. The molecule has 2 aromatic rings. The van der Waals surface area contributed by atoms with Gasteiger partial charge < -0.3 is 14.2 Å². The van der Waals surface area contributed by atoms with Gasteiger partial charge in [0.15, 0.2) is 0 Å². The van der Waals surface area contributed by atoms with Gasteiger partial charge in [-0.3, -0.25) is 0 Å². The van der Waals surface area contributed by atoms with E-state index in [9.17, 15) is 9.59 Å². The molecule has 0 amide bonds. The Hall–Kier alpha value is -3.18. The SMILES string of the molecule is CCC(COC(/C=C1\C=CC(=O)O1)COC(=O)c1ccccc1)c1ccccc1. The van der Waals surface area contributed by atoms with Gasteiger partial charge in [0.05, 0.1) is 12.2 Å². The highest BCUT2D eigenvalue weighted by atomic mass is 16.6. The molecular weight excluding hydrogens is 368 g/mol. The van der Waals surface area contributed by atoms with Crippen LogP contribution in [0.4, 0.5) is 0 Å². The maximum Gasteiger partial charge on any atom is 0.338 e. The van der Waals surface area contributed by atoms with Crippen LogP contribution >= 0.6 is 0 Å². The minimum absolute atomic E-state index is 0.0217. The van der Waals surface area contributed by atoms with Crippen LogP contribution in [0.25, 0.3) is 0 Å². The zero-order valence-electron chi connectivity index (χ0n) is 16.3. The van der Waals surface area contributed by atoms with E-state index in [0.717, 1.165) is 6.42 Å². The molecule has 0 spiro atoms. The van der Waals surface area contributed by atoms with E-state index < -0.39 is 18.0 Å². The first kappa shape index (κ1) is 20.6. The molecule has 1 aliphatic heterocycles. The van der Waals surface area contributed by atoms with Crippen molar-refractivity contribution in [2.75, 3.05) is 13.2 Å². The molecule has 0 aliphatic carbocycles. The molecule has 5 heteroatoms. The third-order valence-corrected chi connectivity index (χ3v) is 4.62. The highest BCUT2D eigenvalue weighted by Gasteiger charge is 2.18. The van der Waals surface area contributed by atoms with Crippen LogP contribution in [-0.4, -0.2) is 31.3 Å². The standard InChI is InChI=1S/C24H24O5/c1-2-18(19-9-5-3-6-10-19)16-27-22(15-21-13-14-23(25)29-21)17-28-24(26)20-11-7-4-8-12-20/h3-15,18,22H,2,16-17H2,1H3/b21-15+. The molecule has 0 fully saturated rings. The molecule has 29 heavy (non-hydrogen) atoms. The van der Waals surface area contributed by atoms with Crippen molar-refractivity contribution in [3.05, 3.63) is 95.8 Å². The summed E-state index contributed by atoms with van der Waals surface area (Å²) in [4.78, 5) is 23.6. The first-order chi connectivity index (χ1) is 14.2. The van der Waals surface area contributed by atoms with E-state index >= 15 is 0 Å². The number of carbonyl (C=O) groups is 2. The third kappa shape index (κ3) is 6.16. The second-order valence-corrected chi connectivity index (χ2v) is 6.68.